The van der Waals surface area contributed by atoms with Gasteiger partial charge < -0.3 is 5.11 Å². The topological polar surface area (TPSA) is 50.2 Å². The molecule has 0 radical (unpaired) electrons. The molecule has 0 saturated heterocycles. The van der Waals surface area contributed by atoms with E-state index < -0.39 is 5.97 Å². The molecule has 5 heteroatoms. The van der Waals surface area contributed by atoms with E-state index in [2.05, 4.69) is 4.98 Å². The van der Waals surface area contributed by atoms with Gasteiger partial charge in [-0.1, -0.05) is 17.7 Å². The lowest BCUT2D eigenvalue weighted by Gasteiger charge is -2.10. The van der Waals surface area contributed by atoms with Crippen molar-refractivity contribution in [1.29, 1.82) is 0 Å². The van der Waals surface area contributed by atoms with Crippen LogP contribution >= 0.6 is 11.6 Å². The molecule has 2 aromatic carbocycles. The standard InChI is InChI=1S/C17H11ClFNO2/c1-9-2-7-13(18)15-12(17(21)22)8-14(20-16(9)15)10-3-5-11(19)6-4-10/h2-8H,1H3,(H,21,22). The molecule has 0 aliphatic rings. The first kappa shape index (κ1) is 14.5. The van der Waals surface area contributed by atoms with Crippen LogP contribution in [0.3, 0.4) is 0 Å². The Morgan fingerprint density at radius 1 is 1.18 bits per heavy atom. The van der Waals surface area contributed by atoms with Crippen LogP contribution in [0.1, 0.15) is 15.9 Å². The molecular formula is C17H11ClFNO2. The van der Waals surface area contributed by atoms with Gasteiger partial charge in [-0.2, -0.15) is 0 Å². The highest BCUT2D eigenvalue weighted by atomic mass is 35.5. The molecule has 3 nitrogen and oxygen atoms in total. The average molecular weight is 316 g/mol. The summed E-state index contributed by atoms with van der Waals surface area (Å²) in [7, 11) is 0. The molecule has 0 aliphatic heterocycles. The highest BCUT2D eigenvalue weighted by Gasteiger charge is 2.16. The van der Waals surface area contributed by atoms with E-state index in [9.17, 15) is 14.3 Å². The number of pyridine rings is 1. The van der Waals surface area contributed by atoms with Crippen molar-refractivity contribution >= 4 is 28.5 Å². The number of carboxylic acids is 1. The number of carbonyl (C=O) groups is 1. The Morgan fingerprint density at radius 3 is 2.50 bits per heavy atom. The Morgan fingerprint density at radius 2 is 1.86 bits per heavy atom. The maximum absolute atomic E-state index is 13.0. The molecule has 1 N–H and O–H groups in total. The number of aromatic carboxylic acids is 1. The molecule has 0 spiro atoms. The van der Waals surface area contributed by atoms with Gasteiger partial charge in [0.1, 0.15) is 5.82 Å². The monoisotopic (exact) mass is 315 g/mol. The van der Waals surface area contributed by atoms with Crippen LogP contribution in [0.2, 0.25) is 5.02 Å². The van der Waals surface area contributed by atoms with Gasteiger partial charge in [0.2, 0.25) is 0 Å². The van der Waals surface area contributed by atoms with Crippen LogP contribution in [0.15, 0.2) is 42.5 Å². The Balaban J connectivity index is 2.36. The minimum Gasteiger partial charge on any atom is -0.478 e. The Kier molecular flexibility index (Phi) is 3.54. The summed E-state index contributed by atoms with van der Waals surface area (Å²) in [5.74, 6) is -1.44. The SMILES string of the molecule is Cc1ccc(Cl)c2c(C(=O)O)cc(-c3ccc(F)cc3)nc12. The molecule has 0 aliphatic carbocycles. The number of fused-ring (bicyclic) bond motifs is 1. The van der Waals surface area contributed by atoms with Crippen molar-refractivity contribution in [3.8, 4) is 11.3 Å². The number of aryl methyl sites for hydroxylation is 1. The zero-order chi connectivity index (χ0) is 15.9. The Hall–Kier alpha value is -2.46. The highest BCUT2D eigenvalue weighted by Crippen LogP contribution is 2.31. The molecule has 0 fully saturated rings. The number of nitrogens with zero attached hydrogens (tertiary/aromatic N) is 1. The maximum atomic E-state index is 13.0. The molecule has 0 unspecified atom stereocenters. The van der Waals surface area contributed by atoms with E-state index in [0.717, 1.165) is 5.56 Å². The summed E-state index contributed by atoms with van der Waals surface area (Å²) in [6.45, 7) is 1.84. The number of carboxylic acid groups (broad SMARTS) is 1. The maximum Gasteiger partial charge on any atom is 0.336 e. The third-order valence-corrected chi connectivity index (χ3v) is 3.80. The lowest BCUT2D eigenvalue weighted by Crippen LogP contribution is -2.01. The van der Waals surface area contributed by atoms with Gasteiger partial charge in [-0.3, -0.25) is 0 Å². The van der Waals surface area contributed by atoms with E-state index in [4.69, 9.17) is 11.6 Å². The molecule has 22 heavy (non-hydrogen) atoms. The predicted octanol–water partition coefficient (Wildman–Crippen LogP) is 4.70. The van der Waals surface area contributed by atoms with Crippen LogP contribution in [0.5, 0.6) is 0 Å². The molecule has 0 bridgehead atoms. The first-order valence-corrected chi connectivity index (χ1v) is 6.94. The zero-order valence-electron chi connectivity index (χ0n) is 11.6. The Labute approximate surface area is 131 Å². The molecule has 0 atom stereocenters. The summed E-state index contributed by atoms with van der Waals surface area (Å²) in [5, 5.41) is 10.2. The molecule has 1 aromatic heterocycles. The average Bonchev–Trinajstić information content (AvgIpc) is 2.50. The van der Waals surface area contributed by atoms with Crippen LogP contribution in [-0.2, 0) is 0 Å². The fourth-order valence-electron chi connectivity index (χ4n) is 2.37. The summed E-state index contributed by atoms with van der Waals surface area (Å²) < 4.78 is 13.0. The van der Waals surface area contributed by atoms with E-state index in [1.165, 1.54) is 18.2 Å². The summed E-state index contributed by atoms with van der Waals surface area (Å²) in [6, 6.07) is 10.7. The number of hydrogen-bond donors (Lipinski definition) is 1. The fourth-order valence-corrected chi connectivity index (χ4v) is 2.62. The van der Waals surface area contributed by atoms with Gasteiger partial charge in [0, 0.05) is 10.9 Å². The van der Waals surface area contributed by atoms with Crippen molar-refractivity contribution in [3.63, 3.8) is 0 Å². The molecule has 0 amide bonds. The smallest absolute Gasteiger partial charge is 0.336 e. The van der Waals surface area contributed by atoms with Crippen LogP contribution < -0.4 is 0 Å². The molecule has 1 heterocycles. The largest absolute Gasteiger partial charge is 0.478 e. The van der Waals surface area contributed by atoms with Crippen molar-refractivity contribution in [2.75, 3.05) is 0 Å². The normalized spacial score (nSPS) is 10.9. The summed E-state index contributed by atoms with van der Waals surface area (Å²) in [4.78, 5) is 16.1. The van der Waals surface area contributed by atoms with Crippen molar-refractivity contribution in [3.05, 3.63) is 64.4 Å². The number of halogens is 2. The Bertz CT molecular complexity index is 891. The summed E-state index contributed by atoms with van der Waals surface area (Å²) >= 11 is 6.14. The van der Waals surface area contributed by atoms with Gasteiger partial charge in [0.15, 0.2) is 0 Å². The first-order valence-electron chi connectivity index (χ1n) is 6.56. The zero-order valence-corrected chi connectivity index (χ0v) is 12.4. The van der Waals surface area contributed by atoms with Gasteiger partial charge in [-0.25, -0.2) is 14.2 Å². The lowest BCUT2D eigenvalue weighted by molar-refractivity contribution is 0.0699. The molecule has 110 valence electrons. The van der Waals surface area contributed by atoms with Crippen LogP contribution in [0.25, 0.3) is 22.2 Å². The highest BCUT2D eigenvalue weighted by molar-refractivity contribution is 6.36. The quantitative estimate of drug-likeness (QED) is 0.745. The second kappa shape index (κ2) is 5.39. The minimum atomic E-state index is -1.08. The summed E-state index contributed by atoms with van der Waals surface area (Å²) in [6.07, 6.45) is 0. The van der Waals surface area contributed by atoms with Crippen molar-refractivity contribution in [2.24, 2.45) is 0 Å². The second-order valence-electron chi connectivity index (χ2n) is 4.95. The van der Waals surface area contributed by atoms with E-state index in [0.29, 0.717) is 27.2 Å². The number of hydrogen-bond acceptors (Lipinski definition) is 2. The number of aromatic nitrogens is 1. The van der Waals surface area contributed by atoms with E-state index in [1.807, 2.05) is 6.92 Å². The van der Waals surface area contributed by atoms with Gasteiger partial charge in [-0.15, -0.1) is 0 Å². The van der Waals surface area contributed by atoms with Crippen LogP contribution in [0, 0.1) is 12.7 Å². The van der Waals surface area contributed by atoms with Gasteiger partial charge in [0.25, 0.3) is 0 Å². The van der Waals surface area contributed by atoms with Gasteiger partial charge in [-0.05, 0) is 48.9 Å². The van der Waals surface area contributed by atoms with E-state index in [-0.39, 0.29) is 11.4 Å². The molecule has 0 saturated carbocycles. The second-order valence-corrected chi connectivity index (χ2v) is 5.36. The van der Waals surface area contributed by atoms with Crippen molar-refractivity contribution in [1.82, 2.24) is 4.98 Å². The molecule has 3 rings (SSSR count). The summed E-state index contributed by atoms with van der Waals surface area (Å²) in [5.41, 5.74) is 2.55. The van der Waals surface area contributed by atoms with Crippen LogP contribution in [0.4, 0.5) is 4.39 Å². The number of benzene rings is 2. The van der Waals surface area contributed by atoms with E-state index in [1.54, 1.807) is 24.3 Å². The minimum absolute atomic E-state index is 0.0815. The number of rotatable bonds is 2. The van der Waals surface area contributed by atoms with Crippen LogP contribution in [-0.4, -0.2) is 16.1 Å². The van der Waals surface area contributed by atoms with E-state index >= 15 is 0 Å². The predicted molar refractivity (Wildman–Crippen MR) is 83.8 cm³/mol. The van der Waals surface area contributed by atoms with Crippen molar-refractivity contribution in [2.45, 2.75) is 6.92 Å². The lowest BCUT2D eigenvalue weighted by atomic mass is 10.0. The third kappa shape index (κ3) is 2.42. The molecule has 3 aromatic rings. The van der Waals surface area contributed by atoms with Gasteiger partial charge in [0.05, 0.1) is 21.8 Å². The van der Waals surface area contributed by atoms with Gasteiger partial charge >= 0.3 is 5.97 Å². The molecular weight excluding hydrogens is 305 g/mol. The van der Waals surface area contributed by atoms with Crippen molar-refractivity contribution < 1.29 is 14.3 Å². The first-order chi connectivity index (χ1) is 10.5. The fraction of sp³-hybridized carbons (Fsp3) is 0.0588. The third-order valence-electron chi connectivity index (χ3n) is 3.48.